The number of aryl methyl sites for hydroxylation is 1. The van der Waals surface area contributed by atoms with Crippen LogP contribution in [0.3, 0.4) is 0 Å². The number of pyridine rings is 1. The number of aromatic nitrogens is 1. The fraction of sp³-hybridized carbons (Fsp3) is 0.538. The number of morpholine rings is 1. The average molecular weight is 250 g/mol. The van der Waals surface area contributed by atoms with Crippen LogP contribution in [0.4, 0.5) is 5.82 Å². The van der Waals surface area contributed by atoms with E-state index >= 15 is 0 Å². The molecule has 5 nitrogen and oxygen atoms in total. The molecule has 2 unspecified atom stereocenters. The molecule has 0 radical (unpaired) electrons. The van der Waals surface area contributed by atoms with E-state index in [1.54, 1.807) is 19.2 Å². The van der Waals surface area contributed by atoms with Gasteiger partial charge in [-0.3, -0.25) is 0 Å². The van der Waals surface area contributed by atoms with Gasteiger partial charge in [0.25, 0.3) is 0 Å². The van der Waals surface area contributed by atoms with Crippen LogP contribution in [0, 0.1) is 6.92 Å². The van der Waals surface area contributed by atoms with Crippen molar-refractivity contribution in [2.24, 2.45) is 0 Å². The first kappa shape index (κ1) is 12.8. The number of nitrogens with zero attached hydrogens (tertiary/aromatic N) is 2. The highest BCUT2D eigenvalue weighted by molar-refractivity contribution is 5.95. The molecule has 0 amide bonds. The Morgan fingerprint density at radius 1 is 1.44 bits per heavy atom. The Labute approximate surface area is 106 Å². The summed E-state index contributed by atoms with van der Waals surface area (Å²) in [5, 5.41) is 9.31. The molecule has 1 aliphatic heterocycles. The maximum atomic E-state index is 11.4. The molecule has 1 aromatic heterocycles. The summed E-state index contributed by atoms with van der Waals surface area (Å²) in [6, 6.07) is 1.72. The number of carbonyl (C=O) groups is 1. The molecular formula is C13H18N2O3. The Morgan fingerprint density at radius 2 is 2.06 bits per heavy atom. The molecule has 2 rings (SSSR count). The maximum Gasteiger partial charge on any atom is 0.339 e. The van der Waals surface area contributed by atoms with Gasteiger partial charge in [0.15, 0.2) is 0 Å². The second-order valence-corrected chi connectivity index (χ2v) is 4.79. The molecule has 2 atom stereocenters. The highest BCUT2D eigenvalue weighted by atomic mass is 16.5. The minimum absolute atomic E-state index is 0.0812. The number of carboxylic acids is 1. The van der Waals surface area contributed by atoms with Gasteiger partial charge in [0.05, 0.1) is 12.2 Å². The van der Waals surface area contributed by atoms with Crippen LogP contribution in [0.2, 0.25) is 0 Å². The highest BCUT2D eigenvalue weighted by Gasteiger charge is 2.27. The van der Waals surface area contributed by atoms with Gasteiger partial charge in [-0.05, 0) is 32.4 Å². The molecule has 1 aliphatic rings. The third-order valence-corrected chi connectivity index (χ3v) is 3.07. The summed E-state index contributed by atoms with van der Waals surface area (Å²) >= 11 is 0. The van der Waals surface area contributed by atoms with E-state index in [9.17, 15) is 9.90 Å². The predicted molar refractivity (Wildman–Crippen MR) is 68.2 cm³/mol. The minimum atomic E-state index is -0.928. The summed E-state index contributed by atoms with van der Waals surface area (Å²) in [5.74, 6) is -0.383. The molecule has 0 bridgehead atoms. The van der Waals surface area contributed by atoms with Gasteiger partial charge in [-0.1, -0.05) is 0 Å². The van der Waals surface area contributed by atoms with E-state index in [-0.39, 0.29) is 12.2 Å². The molecule has 0 aliphatic carbocycles. The van der Waals surface area contributed by atoms with Gasteiger partial charge in [0.1, 0.15) is 11.4 Å². The molecular weight excluding hydrogens is 232 g/mol. The van der Waals surface area contributed by atoms with Crippen molar-refractivity contribution in [3.05, 3.63) is 23.4 Å². The standard InChI is InChI=1S/C13H18N2O3/c1-8-4-5-14-12(11(8)13(16)17)15-6-9(2)18-10(3)7-15/h4-5,9-10H,6-7H2,1-3H3,(H,16,17). The summed E-state index contributed by atoms with van der Waals surface area (Å²) in [6.45, 7) is 7.10. The quantitative estimate of drug-likeness (QED) is 0.865. The summed E-state index contributed by atoms with van der Waals surface area (Å²) in [4.78, 5) is 17.6. The van der Waals surface area contributed by atoms with Crippen LogP contribution in [-0.4, -0.2) is 41.4 Å². The van der Waals surface area contributed by atoms with Gasteiger partial charge in [-0.15, -0.1) is 0 Å². The van der Waals surface area contributed by atoms with Crippen molar-refractivity contribution < 1.29 is 14.6 Å². The van der Waals surface area contributed by atoms with Crippen molar-refractivity contribution in [3.8, 4) is 0 Å². The lowest BCUT2D eigenvalue weighted by Crippen LogP contribution is -2.46. The Hall–Kier alpha value is -1.62. The number of ether oxygens (including phenoxy) is 1. The third-order valence-electron chi connectivity index (χ3n) is 3.07. The molecule has 5 heteroatoms. The highest BCUT2D eigenvalue weighted by Crippen LogP contribution is 2.24. The van der Waals surface area contributed by atoms with E-state index in [4.69, 9.17) is 4.74 Å². The Kier molecular flexibility index (Phi) is 3.52. The van der Waals surface area contributed by atoms with E-state index in [0.717, 1.165) is 5.56 Å². The number of hydrogen-bond acceptors (Lipinski definition) is 4. The molecule has 1 aromatic rings. The molecule has 2 heterocycles. The van der Waals surface area contributed by atoms with E-state index < -0.39 is 5.97 Å². The second-order valence-electron chi connectivity index (χ2n) is 4.79. The summed E-state index contributed by atoms with van der Waals surface area (Å²) < 4.78 is 5.65. The SMILES string of the molecule is Cc1ccnc(N2CC(C)OC(C)C2)c1C(=O)O. The van der Waals surface area contributed by atoms with Crippen LogP contribution >= 0.6 is 0 Å². The first-order valence-corrected chi connectivity index (χ1v) is 6.08. The predicted octanol–water partition coefficient (Wildman–Crippen LogP) is 1.70. The van der Waals surface area contributed by atoms with Crippen LogP contribution < -0.4 is 4.90 Å². The second kappa shape index (κ2) is 4.94. The number of carboxylic acid groups (broad SMARTS) is 1. The van der Waals surface area contributed by atoms with Crippen LogP contribution in [0.1, 0.15) is 29.8 Å². The number of rotatable bonds is 2. The minimum Gasteiger partial charge on any atom is -0.478 e. The lowest BCUT2D eigenvalue weighted by molar-refractivity contribution is -0.00557. The Morgan fingerprint density at radius 3 is 2.61 bits per heavy atom. The number of hydrogen-bond donors (Lipinski definition) is 1. The van der Waals surface area contributed by atoms with Crippen LogP contribution in [0.15, 0.2) is 12.3 Å². The van der Waals surface area contributed by atoms with E-state index in [2.05, 4.69) is 4.98 Å². The number of anilines is 1. The van der Waals surface area contributed by atoms with Crippen molar-refractivity contribution >= 4 is 11.8 Å². The molecule has 0 saturated carbocycles. The fourth-order valence-electron chi connectivity index (χ4n) is 2.40. The third kappa shape index (κ3) is 2.46. The first-order chi connectivity index (χ1) is 8.49. The summed E-state index contributed by atoms with van der Waals surface area (Å²) in [6.07, 6.45) is 1.82. The molecule has 18 heavy (non-hydrogen) atoms. The van der Waals surface area contributed by atoms with Crippen LogP contribution in [0.25, 0.3) is 0 Å². The van der Waals surface area contributed by atoms with Gasteiger partial charge in [0.2, 0.25) is 0 Å². The first-order valence-electron chi connectivity index (χ1n) is 6.08. The topological polar surface area (TPSA) is 62.7 Å². The largest absolute Gasteiger partial charge is 0.478 e. The molecule has 1 fully saturated rings. The monoisotopic (exact) mass is 250 g/mol. The average Bonchev–Trinajstić information content (AvgIpc) is 2.26. The lowest BCUT2D eigenvalue weighted by atomic mass is 10.1. The summed E-state index contributed by atoms with van der Waals surface area (Å²) in [7, 11) is 0. The van der Waals surface area contributed by atoms with E-state index in [0.29, 0.717) is 24.5 Å². The van der Waals surface area contributed by atoms with Gasteiger partial charge in [-0.2, -0.15) is 0 Å². The van der Waals surface area contributed by atoms with Gasteiger partial charge in [-0.25, -0.2) is 9.78 Å². The zero-order valence-corrected chi connectivity index (χ0v) is 10.9. The molecule has 1 saturated heterocycles. The normalized spacial score (nSPS) is 24.1. The van der Waals surface area contributed by atoms with Gasteiger partial charge in [0, 0.05) is 19.3 Å². The van der Waals surface area contributed by atoms with Gasteiger partial charge < -0.3 is 14.7 Å². The molecule has 0 spiro atoms. The molecule has 1 N–H and O–H groups in total. The van der Waals surface area contributed by atoms with E-state index in [1.165, 1.54) is 0 Å². The lowest BCUT2D eigenvalue weighted by Gasteiger charge is -2.36. The van der Waals surface area contributed by atoms with Crippen molar-refractivity contribution in [2.75, 3.05) is 18.0 Å². The number of aromatic carboxylic acids is 1. The summed E-state index contributed by atoms with van der Waals surface area (Å²) in [5.41, 5.74) is 1.03. The van der Waals surface area contributed by atoms with Crippen molar-refractivity contribution in [3.63, 3.8) is 0 Å². The van der Waals surface area contributed by atoms with Crippen molar-refractivity contribution in [2.45, 2.75) is 33.0 Å². The smallest absolute Gasteiger partial charge is 0.339 e. The Bertz CT molecular complexity index is 452. The van der Waals surface area contributed by atoms with Gasteiger partial charge >= 0.3 is 5.97 Å². The van der Waals surface area contributed by atoms with Crippen molar-refractivity contribution in [1.29, 1.82) is 0 Å². The Balaban J connectivity index is 2.38. The van der Waals surface area contributed by atoms with Crippen LogP contribution in [-0.2, 0) is 4.74 Å². The molecule has 98 valence electrons. The maximum absolute atomic E-state index is 11.4. The zero-order valence-electron chi connectivity index (χ0n) is 10.9. The zero-order chi connectivity index (χ0) is 13.3. The molecule has 0 aromatic carbocycles. The van der Waals surface area contributed by atoms with Crippen LogP contribution in [0.5, 0.6) is 0 Å². The van der Waals surface area contributed by atoms with E-state index in [1.807, 2.05) is 18.7 Å². The van der Waals surface area contributed by atoms with Crippen molar-refractivity contribution in [1.82, 2.24) is 4.98 Å². The fourth-order valence-corrected chi connectivity index (χ4v) is 2.40.